The monoisotopic (exact) mass is 535 g/mol. The standard InChI is InChI=1S/C28H45N3O7/c1-15(2)13-18(22(32)25(35)36)29-23(33)21-19-17(28(19,6)7)14-31(21)24(34)20(16-11-9-8-10-12-16)30-26(37)38-27(3,4)5/h15-21H,8-14H2,1-7H3,(H,29,33)(H,30,37)(H,35,36)/t17?,18?,19-,20-,21-/m0/s1. The number of ether oxygens (including phenoxy) is 1. The lowest BCUT2D eigenvalue weighted by Crippen LogP contribution is -2.59. The van der Waals surface area contributed by atoms with Crippen molar-refractivity contribution >= 4 is 29.7 Å². The molecule has 2 saturated carbocycles. The van der Waals surface area contributed by atoms with Gasteiger partial charge in [-0.3, -0.25) is 14.4 Å². The first-order valence-electron chi connectivity index (χ1n) is 13.9. The van der Waals surface area contributed by atoms with Crippen molar-refractivity contribution in [2.24, 2.45) is 29.1 Å². The van der Waals surface area contributed by atoms with E-state index in [1.165, 1.54) is 0 Å². The molecule has 0 aromatic heterocycles. The maximum Gasteiger partial charge on any atom is 0.408 e. The van der Waals surface area contributed by atoms with Crippen LogP contribution in [0.15, 0.2) is 0 Å². The van der Waals surface area contributed by atoms with E-state index >= 15 is 0 Å². The summed E-state index contributed by atoms with van der Waals surface area (Å²) in [6.45, 7) is 13.4. The van der Waals surface area contributed by atoms with Crippen LogP contribution in [0.25, 0.3) is 0 Å². The van der Waals surface area contributed by atoms with Crippen molar-refractivity contribution in [3.8, 4) is 0 Å². The van der Waals surface area contributed by atoms with Crippen LogP contribution in [0.2, 0.25) is 0 Å². The summed E-state index contributed by atoms with van der Waals surface area (Å²) in [5.74, 6) is -3.61. The topological polar surface area (TPSA) is 142 Å². The third-order valence-corrected chi connectivity index (χ3v) is 8.37. The number of piperidine rings is 1. The minimum atomic E-state index is -1.60. The largest absolute Gasteiger partial charge is 0.475 e. The molecule has 10 nitrogen and oxygen atoms in total. The lowest BCUT2D eigenvalue weighted by Gasteiger charge is -2.37. The summed E-state index contributed by atoms with van der Waals surface area (Å²) in [4.78, 5) is 65.8. The Morgan fingerprint density at radius 1 is 1.03 bits per heavy atom. The molecule has 1 heterocycles. The lowest BCUT2D eigenvalue weighted by molar-refractivity contribution is -0.151. The van der Waals surface area contributed by atoms with Gasteiger partial charge in [0.15, 0.2) is 0 Å². The fourth-order valence-corrected chi connectivity index (χ4v) is 6.38. The molecule has 3 aliphatic rings. The van der Waals surface area contributed by atoms with E-state index in [2.05, 4.69) is 24.5 Å². The quantitative estimate of drug-likeness (QED) is 0.385. The number of carboxylic acid groups (broad SMARTS) is 1. The van der Waals surface area contributed by atoms with Crippen molar-refractivity contribution in [3.63, 3.8) is 0 Å². The molecule has 3 N–H and O–H groups in total. The highest BCUT2D eigenvalue weighted by molar-refractivity contribution is 6.35. The highest BCUT2D eigenvalue weighted by atomic mass is 16.6. The predicted octanol–water partition coefficient (Wildman–Crippen LogP) is 3.13. The van der Waals surface area contributed by atoms with Crippen molar-refractivity contribution in [2.45, 2.75) is 111 Å². The van der Waals surface area contributed by atoms with E-state index in [1.807, 2.05) is 13.8 Å². The Balaban J connectivity index is 1.86. The summed E-state index contributed by atoms with van der Waals surface area (Å²) >= 11 is 0. The fraction of sp³-hybridized carbons (Fsp3) is 0.821. The molecule has 2 aliphatic carbocycles. The van der Waals surface area contributed by atoms with Crippen LogP contribution in [-0.4, -0.2) is 69.9 Å². The summed E-state index contributed by atoms with van der Waals surface area (Å²) in [5.41, 5.74) is -0.893. The van der Waals surface area contributed by atoms with Crippen molar-refractivity contribution in [2.75, 3.05) is 6.54 Å². The van der Waals surface area contributed by atoms with Crippen LogP contribution >= 0.6 is 0 Å². The van der Waals surface area contributed by atoms with E-state index in [4.69, 9.17) is 4.74 Å². The van der Waals surface area contributed by atoms with Gasteiger partial charge in [-0.2, -0.15) is 0 Å². The number of hydrogen-bond donors (Lipinski definition) is 3. The van der Waals surface area contributed by atoms with Gasteiger partial charge in [0.05, 0.1) is 6.04 Å². The Hall–Kier alpha value is -2.65. The highest BCUT2D eigenvalue weighted by Crippen LogP contribution is 2.65. The zero-order chi connectivity index (χ0) is 28.6. The number of amides is 3. The SMILES string of the molecule is CC(C)CC(NC(=O)[C@@H]1[C@@H]2C(CN1C(=O)[C@@H](NC(=O)OC(C)(C)C)C1CCCCC1)C2(C)C)C(=O)C(=O)O. The molecular formula is C28H45N3O7. The number of rotatable bonds is 9. The number of carboxylic acids is 1. The normalized spacial score (nSPS) is 26.2. The number of Topliss-reactive ketones (excluding diaryl/α,β-unsaturated/α-hetero) is 1. The van der Waals surface area contributed by atoms with Gasteiger partial charge in [0.1, 0.15) is 17.7 Å². The zero-order valence-electron chi connectivity index (χ0n) is 23.8. The first kappa shape index (κ1) is 29.9. The molecule has 0 radical (unpaired) electrons. The van der Waals surface area contributed by atoms with Crippen molar-refractivity contribution in [3.05, 3.63) is 0 Å². The maximum atomic E-state index is 14.1. The number of fused-ring (bicyclic) bond motifs is 1. The van der Waals surface area contributed by atoms with E-state index in [1.54, 1.807) is 25.7 Å². The van der Waals surface area contributed by atoms with Crippen LogP contribution in [0.3, 0.4) is 0 Å². The predicted molar refractivity (Wildman–Crippen MR) is 140 cm³/mol. The number of alkyl carbamates (subject to hydrolysis) is 1. The average molecular weight is 536 g/mol. The number of hydrogen-bond acceptors (Lipinski definition) is 6. The Kier molecular flexibility index (Phi) is 8.83. The lowest BCUT2D eigenvalue weighted by atomic mass is 9.83. The number of carbonyl (C=O) groups excluding carboxylic acids is 4. The Morgan fingerprint density at radius 3 is 2.16 bits per heavy atom. The van der Waals surface area contributed by atoms with E-state index in [0.29, 0.717) is 6.54 Å². The maximum absolute atomic E-state index is 14.1. The van der Waals surface area contributed by atoms with Crippen molar-refractivity contribution < 1.29 is 33.8 Å². The minimum absolute atomic E-state index is 0.0243. The van der Waals surface area contributed by atoms with Crippen LogP contribution in [-0.2, 0) is 23.9 Å². The first-order chi connectivity index (χ1) is 17.5. The molecule has 0 bridgehead atoms. The number of carbonyl (C=O) groups is 5. The number of nitrogens with zero attached hydrogens (tertiary/aromatic N) is 1. The average Bonchev–Trinajstić information content (AvgIpc) is 3.14. The summed E-state index contributed by atoms with van der Waals surface area (Å²) in [6, 6.07) is -2.84. The molecule has 5 atom stereocenters. The molecule has 0 aromatic carbocycles. The second-order valence-corrected chi connectivity index (χ2v) is 13.3. The molecule has 38 heavy (non-hydrogen) atoms. The zero-order valence-corrected chi connectivity index (χ0v) is 23.8. The van der Waals surface area contributed by atoms with E-state index in [9.17, 15) is 29.1 Å². The third kappa shape index (κ3) is 6.67. The van der Waals surface area contributed by atoms with Gasteiger partial charge in [-0.1, -0.05) is 47.0 Å². The third-order valence-electron chi connectivity index (χ3n) is 8.37. The molecule has 3 fully saturated rings. The van der Waals surface area contributed by atoms with Crippen molar-refractivity contribution in [1.82, 2.24) is 15.5 Å². The summed E-state index contributed by atoms with van der Waals surface area (Å²) in [5, 5.41) is 14.8. The van der Waals surface area contributed by atoms with E-state index in [-0.39, 0.29) is 41.4 Å². The van der Waals surface area contributed by atoms with Crippen LogP contribution in [0, 0.1) is 29.1 Å². The molecule has 1 aliphatic heterocycles. The fourth-order valence-electron chi connectivity index (χ4n) is 6.38. The van der Waals surface area contributed by atoms with Gasteiger partial charge < -0.3 is 25.4 Å². The van der Waals surface area contributed by atoms with Crippen LogP contribution < -0.4 is 10.6 Å². The smallest absolute Gasteiger partial charge is 0.408 e. The van der Waals surface area contributed by atoms with Crippen LogP contribution in [0.4, 0.5) is 4.79 Å². The Bertz CT molecular complexity index is 949. The molecule has 0 aromatic rings. The van der Waals surface area contributed by atoms with Gasteiger partial charge in [0.25, 0.3) is 5.78 Å². The minimum Gasteiger partial charge on any atom is -0.475 e. The van der Waals surface area contributed by atoms with Gasteiger partial charge in [0, 0.05) is 6.54 Å². The number of ketones is 1. The second-order valence-electron chi connectivity index (χ2n) is 13.3. The molecule has 3 amide bonds. The van der Waals surface area contributed by atoms with Crippen LogP contribution in [0.5, 0.6) is 0 Å². The number of likely N-dealkylation sites (tertiary alicyclic amines) is 1. The summed E-state index contributed by atoms with van der Waals surface area (Å²) < 4.78 is 5.45. The summed E-state index contributed by atoms with van der Waals surface area (Å²) in [6.07, 6.45) is 4.08. The Labute approximate surface area is 225 Å². The second kappa shape index (κ2) is 11.2. The molecule has 1 saturated heterocycles. The van der Waals surface area contributed by atoms with Gasteiger partial charge in [-0.05, 0) is 69.1 Å². The van der Waals surface area contributed by atoms with Crippen molar-refractivity contribution in [1.29, 1.82) is 0 Å². The number of aliphatic carboxylic acids is 1. The molecule has 2 unspecified atom stereocenters. The number of nitrogens with one attached hydrogen (secondary N) is 2. The Morgan fingerprint density at radius 2 is 1.63 bits per heavy atom. The molecule has 0 spiro atoms. The molecule has 10 heteroatoms. The van der Waals surface area contributed by atoms with E-state index < -0.39 is 47.5 Å². The van der Waals surface area contributed by atoms with Gasteiger partial charge in [-0.15, -0.1) is 0 Å². The molecular weight excluding hydrogens is 490 g/mol. The van der Waals surface area contributed by atoms with Crippen LogP contribution in [0.1, 0.15) is 87.0 Å². The van der Waals surface area contributed by atoms with Gasteiger partial charge in [0.2, 0.25) is 11.8 Å². The van der Waals surface area contributed by atoms with Gasteiger partial charge in [-0.25, -0.2) is 9.59 Å². The molecule has 3 rings (SSSR count). The first-order valence-corrected chi connectivity index (χ1v) is 13.9. The van der Waals surface area contributed by atoms with E-state index in [0.717, 1.165) is 32.1 Å². The molecule has 214 valence electrons. The highest BCUT2D eigenvalue weighted by Gasteiger charge is 2.69. The summed E-state index contributed by atoms with van der Waals surface area (Å²) in [7, 11) is 0. The van der Waals surface area contributed by atoms with Gasteiger partial charge >= 0.3 is 12.1 Å².